The van der Waals surface area contributed by atoms with Crippen molar-refractivity contribution in [3.05, 3.63) is 23.7 Å². The highest BCUT2D eigenvalue weighted by molar-refractivity contribution is 5.20. The molecule has 2 rings (SSSR count). The molecule has 0 aliphatic heterocycles. The monoisotopic (exact) mass is 165 g/mol. The van der Waals surface area contributed by atoms with Crippen LogP contribution in [0.5, 0.6) is 0 Å². The molecule has 0 radical (unpaired) electrons. The molecule has 1 aliphatic carbocycles. The Hall–Kier alpha value is -0.760. The summed E-state index contributed by atoms with van der Waals surface area (Å²) in [6, 6.07) is 0. The van der Waals surface area contributed by atoms with Crippen LogP contribution in [0.15, 0.2) is 16.9 Å². The molecule has 1 fully saturated rings. The Balaban J connectivity index is 1.91. The van der Waals surface area contributed by atoms with E-state index >= 15 is 0 Å². The van der Waals surface area contributed by atoms with Crippen LogP contribution < -0.4 is 5.73 Å². The standard InChI is InChI=1S/C10H15NO/c1-8-6-12-7-9(8)2-3-10(11)4-5-10/h6-7H,2-5,11H2,1H3. The minimum Gasteiger partial charge on any atom is -0.472 e. The maximum absolute atomic E-state index is 5.98. The summed E-state index contributed by atoms with van der Waals surface area (Å²) in [5, 5.41) is 0. The van der Waals surface area contributed by atoms with E-state index in [-0.39, 0.29) is 5.54 Å². The quantitative estimate of drug-likeness (QED) is 0.744. The number of hydrogen-bond acceptors (Lipinski definition) is 2. The van der Waals surface area contributed by atoms with E-state index in [4.69, 9.17) is 10.2 Å². The minimum atomic E-state index is 0.170. The van der Waals surface area contributed by atoms with Crippen LogP contribution >= 0.6 is 0 Å². The normalized spacial score (nSPS) is 19.5. The maximum Gasteiger partial charge on any atom is 0.0937 e. The molecule has 1 saturated carbocycles. The third-order valence-corrected chi connectivity index (χ3v) is 2.75. The van der Waals surface area contributed by atoms with Gasteiger partial charge >= 0.3 is 0 Å². The van der Waals surface area contributed by atoms with Gasteiger partial charge in [-0.1, -0.05) is 0 Å². The molecule has 0 spiro atoms. The van der Waals surface area contributed by atoms with Gasteiger partial charge < -0.3 is 10.2 Å². The van der Waals surface area contributed by atoms with Gasteiger partial charge in [-0.2, -0.15) is 0 Å². The lowest BCUT2D eigenvalue weighted by Crippen LogP contribution is -2.22. The van der Waals surface area contributed by atoms with Crippen LogP contribution in [0.2, 0.25) is 0 Å². The van der Waals surface area contributed by atoms with Crippen molar-refractivity contribution in [1.29, 1.82) is 0 Å². The van der Waals surface area contributed by atoms with Crippen LogP contribution in [0.25, 0.3) is 0 Å². The average Bonchev–Trinajstić information content (AvgIpc) is 2.61. The predicted octanol–water partition coefficient (Wildman–Crippen LogP) is 2.01. The highest BCUT2D eigenvalue weighted by Crippen LogP contribution is 2.36. The zero-order valence-electron chi connectivity index (χ0n) is 7.47. The fourth-order valence-electron chi connectivity index (χ4n) is 1.44. The number of furan rings is 1. The SMILES string of the molecule is Cc1cocc1CCC1(N)CC1. The Labute approximate surface area is 72.7 Å². The Kier molecular flexibility index (Phi) is 1.72. The molecule has 2 N–H and O–H groups in total. The molecule has 66 valence electrons. The van der Waals surface area contributed by atoms with Gasteiger partial charge in [0.25, 0.3) is 0 Å². The third-order valence-electron chi connectivity index (χ3n) is 2.75. The predicted molar refractivity (Wildman–Crippen MR) is 47.9 cm³/mol. The summed E-state index contributed by atoms with van der Waals surface area (Å²) in [5.41, 5.74) is 8.71. The zero-order chi connectivity index (χ0) is 8.60. The second-order valence-corrected chi connectivity index (χ2v) is 3.94. The first-order chi connectivity index (χ1) is 5.70. The molecule has 0 atom stereocenters. The summed E-state index contributed by atoms with van der Waals surface area (Å²) in [4.78, 5) is 0. The third kappa shape index (κ3) is 1.53. The highest BCUT2D eigenvalue weighted by atomic mass is 16.3. The second kappa shape index (κ2) is 2.63. The summed E-state index contributed by atoms with van der Waals surface area (Å²) in [6.45, 7) is 2.08. The maximum atomic E-state index is 5.98. The summed E-state index contributed by atoms with van der Waals surface area (Å²) in [6.07, 6.45) is 8.20. The molecule has 1 aromatic heterocycles. The van der Waals surface area contributed by atoms with Crippen molar-refractivity contribution < 1.29 is 4.42 Å². The zero-order valence-corrected chi connectivity index (χ0v) is 7.47. The topological polar surface area (TPSA) is 39.2 Å². The van der Waals surface area contributed by atoms with Crippen LogP contribution in [-0.2, 0) is 6.42 Å². The van der Waals surface area contributed by atoms with Gasteiger partial charge in [-0.15, -0.1) is 0 Å². The molecule has 0 bridgehead atoms. The van der Waals surface area contributed by atoms with E-state index in [0.717, 1.165) is 12.8 Å². The van der Waals surface area contributed by atoms with E-state index < -0.39 is 0 Å². The molecular formula is C10H15NO. The first-order valence-corrected chi connectivity index (χ1v) is 4.50. The fraction of sp³-hybridized carbons (Fsp3) is 0.600. The van der Waals surface area contributed by atoms with Crippen LogP contribution in [-0.4, -0.2) is 5.54 Å². The number of rotatable bonds is 3. The summed E-state index contributed by atoms with van der Waals surface area (Å²) >= 11 is 0. The summed E-state index contributed by atoms with van der Waals surface area (Å²) < 4.78 is 5.09. The van der Waals surface area contributed by atoms with Crippen LogP contribution in [0.1, 0.15) is 30.4 Å². The smallest absolute Gasteiger partial charge is 0.0937 e. The Morgan fingerprint density at radius 2 is 2.25 bits per heavy atom. The molecule has 1 aliphatic rings. The van der Waals surface area contributed by atoms with Crippen LogP contribution in [0, 0.1) is 6.92 Å². The molecule has 0 aromatic carbocycles. The van der Waals surface area contributed by atoms with Crippen molar-refractivity contribution >= 4 is 0 Å². The number of nitrogens with two attached hydrogens (primary N) is 1. The van der Waals surface area contributed by atoms with E-state index in [0.29, 0.717) is 0 Å². The molecule has 2 heteroatoms. The van der Waals surface area contributed by atoms with E-state index in [1.807, 2.05) is 6.26 Å². The van der Waals surface area contributed by atoms with E-state index in [9.17, 15) is 0 Å². The van der Waals surface area contributed by atoms with Crippen LogP contribution in [0.4, 0.5) is 0 Å². The number of hydrogen-bond donors (Lipinski definition) is 1. The van der Waals surface area contributed by atoms with E-state index in [1.165, 1.54) is 24.0 Å². The Morgan fingerprint density at radius 3 is 2.75 bits per heavy atom. The second-order valence-electron chi connectivity index (χ2n) is 3.94. The molecular weight excluding hydrogens is 150 g/mol. The van der Waals surface area contributed by atoms with Crippen molar-refractivity contribution in [2.75, 3.05) is 0 Å². The van der Waals surface area contributed by atoms with Gasteiger partial charge in [-0.25, -0.2) is 0 Å². The molecule has 0 amide bonds. The highest BCUT2D eigenvalue weighted by Gasteiger charge is 2.37. The lowest BCUT2D eigenvalue weighted by molar-refractivity contribution is 0.557. The average molecular weight is 165 g/mol. The van der Waals surface area contributed by atoms with Gasteiger partial charge in [0.05, 0.1) is 12.5 Å². The molecule has 12 heavy (non-hydrogen) atoms. The van der Waals surface area contributed by atoms with Gasteiger partial charge in [-0.3, -0.25) is 0 Å². The van der Waals surface area contributed by atoms with Crippen molar-refractivity contribution in [2.24, 2.45) is 5.73 Å². The van der Waals surface area contributed by atoms with Crippen molar-refractivity contribution in [2.45, 2.75) is 38.1 Å². The van der Waals surface area contributed by atoms with Crippen molar-refractivity contribution in [1.82, 2.24) is 0 Å². The number of aryl methyl sites for hydroxylation is 2. The molecule has 0 unspecified atom stereocenters. The van der Waals surface area contributed by atoms with Gasteiger partial charge in [0.2, 0.25) is 0 Å². The fourth-order valence-corrected chi connectivity index (χ4v) is 1.44. The lowest BCUT2D eigenvalue weighted by atomic mass is 10.0. The molecule has 1 aromatic rings. The van der Waals surface area contributed by atoms with Crippen LogP contribution in [0.3, 0.4) is 0 Å². The van der Waals surface area contributed by atoms with E-state index in [2.05, 4.69) is 6.92 Å². The van der Waals surface area contributed by atoms with Gasteiger partial charge in [0, 0.05) is 5.54 Å². The molecule has 2 nitrogen and oxygen atoms in total. The van der Waals surface area contributed by atoms with Gasteiger partial charge in [-0.05, 0) is 43.7 Å². The molecule has 1 heterocycles. The Bertz CT molecular complexity index is 273. The molecule has 0 saturated heterocycles. The van der Waals surface area contributed by atoms with E-state index in [1.54, 1.807) is 6.26 Å². The largest absolute Gasteiger partial charge is 0.472 e. The van der Waals surface area contributed by atoms with Gasteiger partial charge in [0.1, 0.15) is 0 Å². The first-order valence-electron chi connectivity index (χ1n) is 4.50. The Morgan fingerprint density at radius 1 is 1.50 bits per heavy atom. The lowest BCUT2D eigenvalue weighted by Gasteiger charge is -2.06. The summed E-state index contributed by atoms with van der Waals surface area (Å²) in [7, 11) is 0. The summed E-state index contributed by atoms with van der Waals surface area (Å²) in [5.74, 6) is 0. The van der Waals surface area contributed by atoms with Crippen molar-refractivity contribution in [3.8, 4) is 0 Å². The van der Waals surface area contributed by atoms with Crippen molar-refractivity contribution in [3.63, 3.8) is 0 Å². The first kappa shape index (κ1) is 7.87. The van der Waals surface area contributed by atoms with Gasteiger partial charge in [0.15, 0.2) is 0 Å². The minimum absolute atomic E-state index is 0.170.